The van der Waals surface area contributed by atoms with Crippen LogP contribution >= 0.6 is 0 Å². The van der Waals surface area contributed by atoms with Crippen LogP contribution in [-0.2, 0) is 11.2 Å². The Morgan fingerprint density at radius 1 is 1.35 bits per heavy atom. The maximum atomic E-state index is 5.08. The molecule has 0 atom stereocenters. The van der Waals surface area contributed by atoms with Crippen molar-refractivity contribution >= 4 is 5.82 Å². The zero-order valence-electron chi connectivity index (χ0n) is 9.67. The highest BCUT2D eigenvalue weighted by Gasteiger charge is 2.10. The molecule has 0 aliphatic carbocycles. The molecule has 0 radical (unpaired) electrons. The molecule has 0 aliphatic heterocycles. The molecule has 7 nitrogen and oxygen atoms in total. The predicted octanol–water partition coefficient (Wildman–Crippen LogP) is 0.757. The minimum absolute atomic E-state index is 0.367. The van der Waals surface area contributed by atoms with Crippen molar-refractivity contribution in [3.8, 4) is 11.6 Å². The molecule has 0 unspecified atom stereocenters. The zero-order valence-corrected chi connectivity index (χ0v) is 9.67. The van der Waals surface area contributed by atoms with Crippen molar-refractivity contribution in [3.05, 3.63) is 18.0 Å². The van der Waals surface area contributed by atoms with Gasteiger partial charge >= 0.3 is 0 Å². The van der Waals surface area contributed by atoms with Crippen molar-refractivity contribution in [3.63, 3.8) is 0 Å². The smallest absolute Gasteiger partial charge is 0.278 e. The monoisotopic (exact) mass is 235 g/mol. The molecular weight excluding hydrogens is 222 g/mol. The average Bonchev–Trinajstić information content (AvgIpc) is 2.85. The molecule has 0 aliphatic rings. The summed E-state index contributed by atoms with van der Waals surface area (Å²) in [5.41, 5.74) is 0.556. The van der Waals surface area contributed by atoms with Crippen LogP contribution in [0, 0.1) is 0 Å². The van der Waals surface area contributed by atoms with Crippen molar-refractivity contribution < 1.29 is 9.26 Å². The zero-order chi connectivity index (χ0) is 12.1. The SMILES string of the molecule is CNc1ccc(-c2nc(CCOC)no2)nn1. The van der Waals surface area contributed by atoms with Gasteiger partial charge in [0.15, 0.2) is 11.5 Å². The molecule has 0 spiro atoms. The highest BCUT2D eigenvalue weighted by molar-refractivity contribution is 5.48. The molecule has 0 amide bonds. The first kappa shape index (κ1) is 11.5. The van der Waals surface area contributed by atoms with Gasteiger partial charge in [-0.1, -0.05) is 5.16 Å². The normalized spacial score (nSPS) is 10.5. The summed E-state index contributed by atoms with van der Waals surface area (Å²) in [7, 11) is 3.40. The molecule has 90 valence electrons. The molecule has 2 aromatic heterocycles. The van der Waals surface area contributed by atoms with E-state index in [1.807, 2.05) is 0 Å². The van der Waals surface area contributed by atoms with E-state index in [1.54, 1.807) is 26.3 Å². The lowest BCUT2D eigenvalue weighted by molar-refractivity contribution is 0.199. The molecule has 2 rings (SSSR count). The van der Waals surface area contributed by atoms with Crippen LogP contribution in [0.5, 0.6) is 0 Å². The molecule has 17 heavy (non-hydrogen) atoms. The highest BCUT2D eigenvalue weighted by atomic mass is 16.5. The lowest BCUT2D eigenvalue weighted by atomic mass is 10.4. The Morgan fingerprint density at radius 2 is 2.24 bits per heavy atom. The molecular formula is C10H13N5O2. The van der Waals surface area contributed by atoms with E-state index in [9.17, 15) is 0 Å². The van der Waals surface area contributed by atoms with E-state index in [4.69, 9.17) is 9.26 Å². The fourth-order valence-corrected chi connectivity index (χ4v) is 1.23. The maximum absolute atomic E-state index is 5.08. The van der Waals surface area contributed by atoms with Gasteiger partial charge < -0.3 is 14.6 Å². The van der Waals surface area contributed by atoms with E-state index in [-0.39, 0.29) is 0 Å². The predicted molar refractivity (Wildman–Crippen MR) is 60.5 cm³/mol. The van der Waals surface area contributed by atoms with Crippen LogP contribution in [0.15, 0.2) is 16.7 Å². The lowest BCUT2D eigenvalue weighted by Crippen LogP contribution is -1.97. The summed E-state index contributed by atoms with van der Waals surface area (Å²) in [6.45, 7) is 0.559. The van der Waals surface area contributed by atoms with Gasteiger partial charge in [-0.3, -0.25) is 0 Å². The second kappa shape index (κ2) is 5.35. The molecule has 0 saturated heterocycles. The van der Waals surface area contributed by atoms with Crippen molar-refractivity contribution in [2.75, 3.05) is 26.1 Å². The van der Waals surface area contributed by atoms with E-state index in [0.29, 0.717) is 36.3 Å². The van der Waals surface area contributed by atoms with E-state index in [0.717, 1.165) is 0 Å². The number of aromatic nitrogens is 4. The quantitative estimate of drug-likeness (QED) is 0.818. The second-order valence-corrected chi connectivity index (χ2v) is 3.31. The van der Waals surface area contributed by atoms with Crippen LogP contribution in [0.25, 0.3) is 11.6 Å². The number of hydrogen-bond acceptors (Lipinski definition) is 7. The molecule has 0 bridgehead atoms. The second-order valence-electron chi connectivity index (χ2n) is 3.31. The molecule has 0 saturated carbocycles. The average molecular weight is 235 g/mol. The first-order chi connectivity index (χ1) is 8.33. The Bertz CT molecular complexity index is 468. The Hall–Kier alpha value is -2.02. The fraction of sp³-hybridized carbons (Fsp3) is 0.400. The largest absolute Gasteiger partial charge is 0.384 e. The minimum atomic E-state index is 0.367. The van der Waals surface area contributed by atoms with E-state index >= 15 is 0 Å². The number of rotatable bonds is 5. The van der Waals surface area contributed by atoms with Gasteiger partial charge in [-0.05, 0) is 12.1 Å². The molecule has 7 heteroatoms. The van der Waals surface area contributed by atoms with Crippen LogP contribution in [0.4, 0.5) is 5.82 Å². The maximum Gasteiger partial charge on any atom is 0.278 e. The fourth-order valence-electron chi connectivity index (χ4n) is 1.23. The number of methoxy groups -OCH3 is 1. The van der Waals surface area contributed by atoms with Crippen molar-refractivity contribution in [1.29, 1.82) is 0 Å². The third-order valence-electron chi connectivity index (χ3n) is 2.14. The van der Waals surface area contributed by atoms with Gasteiger partial charge in [0.1, 0.15) is 5.82 Å². The third-order valence-corrected chi connectivity index (χ3v) is 2.14. The first-order valence-corrected chi connectivity index (χ1v) is 5.17. The Balaban J connectivity index is 2.12. The standard InChI is InChI=1S/C10H13N5O2/c1-11-8-4-3-7(13-14-8)10-12-9(15-17-10)5-6-16-2/h3-4H,5-6H2,1-2H3,(H,11,14). The summed E-state index contributed by atoms with van der Waals surface area (Å²) in [5.74, 6) is 1.65. The van der Waals surface area contributed by atoms with Gasteiger partial charge in [0.25, 0.3) is 5.89 Å². The molecule has 2 aromatic rings. The van der Waals surface area contributed by atoms with Crippen molar-refractivity contribution in [1.82, 2.24) is 20.3 Å². The minimum Gasteiger partial charge on any atom is -0.384 e. The topological polar surface area (TPSA) is 86.0 Å². The van der Waals surface area contributed by atoms with E-state index < -0.39 is 0 Å². The van der Waals surface area contributed by atoms with Crippen LogP contribution in [0.2, 0.25) is 0 Å². The number of hydrogen-bond donors (Lipinski definition) is 1. The summed E-state index contributed by atoms with van der Waals surface area (Å²) in [6, 6.07) is 3.56. The third kappa shape index (κ3) is 2.76. The van der Waals surface area contributed by atoms with Crippen molar-refractivity contribution in [2.24, 2.45) is 0 Å². The van der Waals surface area contributed by atoms with E-state index in [1.165, 1.54) is 0 Å². The van der Waals surface area contributed by atoms with Gasteiger partial charge in [0.2, 0.25) is 0 Å². The van der Waals surface area contributed by atoms with Crippen LogP contribution < -0.4 is 5.32 Å². The number of ether oxygens (including phenoxy) is 1. The summed E-state index contributed by atoms with van der Waals surface area (Å²) >= 11 is 0. The summed E-state index contributed by atoms with van der Waals surface area (Å²) < 4.78 is 10.0. The lowest BCUT2D eigenvalue weighted by Gasteiger charge is -1.96. The molecule has 1 N–H and O–H groups in total. The van der Waals surface area contributed by atoms with Crippen LogP contribution in [0.1, 0.15) is 5.82 Å². The van der Waals surface area contributed by atoms with Crippen molar-refractivity contribution in [2.45, 2.75) is 6.42 Å². The van der Waals surface area contributed by atoms with Gasteiger partial charge in [-0.2, -0.15) is 4.98 Å². The summed E-state index contributed by atoms with van der Waals surface area (Å²) in [4.78, 5) is 4.19. The molecule has 2 heterocycles. The van der Waals surface area contributed by atoms with Crippen LogP contribution in [0.3, 0.4) is 0 Å². The van der Waals surface area contributed by atoms with Crippen LogP contribution in [-0.4, -0.2) is 41.1 Å². The Labute approximate surface area is 98.2 Å². The van der Waals surface area contributed by atoms with E-state index in [2.05, 4.69) is 25.7 Å². The van der Waals surface area contributed by atoms with Gasteiger partial charge in [0.05, 0.1) is 6.61 Å². The number of nitrogens with zero attached hydrogens (tertiary/aromatic N) is 4. The Kier molecular flexibility index (Phi) is 3.61. The summed E-state index contributed by atoms with van der Waals surface area (Å²) in [6.07, 6.45) is 0.613. The van der Waals surface area contributed by atoms with Gasteiger partial charge in [0, 0.05) is 20.6 Å². The molecule has 0 aromatic carbocycles. The highest BCUT2D eigenvalue weighted by Crippen LogP contribution is 2.14. The van der Waals surface area contributed by atoms with Gasteiger partial charge in [-0.25, -0.2) is 0 Å². The number of anilines is 1. The molecule has 0 fully saturated rings. The Morgan fingerprint density at radius 3 is 2.88 bits per heavy atom. The summed E-state index contributed by atoms with van der Waals surface area (Å²) in [5, 5.41) is 14.6. The van der Waals surface area contributed by atoms with Gasteiger partial charge in [-0.15, -0.1) is 10.2 Å². The first-order valence-electron chi connectivity index (χ1n) is 5.17. The number of nitrogens with one attached hydrogen (secondary N) is 1.